The van der Waals surface area contributed by atoms with Crippen LogP contribution in [0.5, 0.6) is 0 Å². The van der Waals surface area contributed by atoms with E-state index in [9.17, 15) is 4.79 Å². The molecule has 0 aliphatic carbocycles. The lowest BCUT2D eigenvalue weighted by Crippen LogP contribution is -2.41. The van der Waals surface area contributed by atoms with Gasteiger partial charge in [-0.1, -0.05) is 62.4 Å². The number of carbonyl (C=O) groups excluding carboxylic acids is 1. The van der Waals surface area contributed by atoms with Gasteiger partial charge < -0.3 is 10.6 Å². The van der Waals surface area contributed by atoms with E-state index in [0.717, 1.165) is 32.6 Å². The Labute approximate surface area is 196 Å². The highest BCUT2D eigenvalue weighted by Crippen LogP contribution is 2.26. The minimum atomic E-state index is -0.357. The first-order chi connectivity index (χ1) is 14.0. The van der Waals surface area contributed by atoms with Gasteiger partial charge in [0.2, 0.25) is 0 Å². The van der Waals surface area contributed by atoms with Crippen molar-refractivity contribution >= 4 is 45.6 Å². The molecule has 2 N–H and O–H groups in total. The molecule has 7 heteroatoms. The van der Waals surface area contributed by atoms with Crippen LogP contribution in [-0.4, -0.2) is 36.4 Å². The van der Waals surface area contributed by atoms with Crippen LogP contribution >= 0.6 is 34.1 Å². The summed E-state index contributed by atoms with van der Waals surface area (Å²) in [6.45, 7) is 8.09. The molecule has 0 radical (unpaired) electrons. The highest BCUT2D eigenvalue weighted by atomic mass is 36.5. The van der Waals surface area contributed by atoms with Gasteiger partial charge in [-0.2, -0.15) is 0 Å². The summed E-state index contributed by atoms with van der Waals surface area (Å²) in [6.07, 6.45) is 0.753. The fourth-order valence-corrected chi connectivity index (χ4v) is 3.74. The van der Waals surface area contributed by atoms with Gasteiger partial charge in [-0.15, -0.1) is 12.4 Å². The van der Waals surface area contributed by atoms with Crippen LogP contribution in [0.4, 0.5) is 5.69 Å². The lowest BCUT2D eigenvalue weighted by molar-refractivity contribution is -0.121. The Morgan fingerprint density at radius 1 is 1.03 bits per heavy atom. The van der Waals surface area contributed by atoms with E-state index in [1.165, 1.54) is 16.8 Å². The highest BCUT2D eigenvalue weighted by Gasteiger charge is 2.23. The van der Waals surface area contributed by atoms with Crippen molar-refractivity contribution in [3.8, 4) is 0 Å². The van der Waals surface area contributed by atoms with Gasteiger partial charge in [0.25, 0.3) is 0 Å². The van der Waals surface area contributed by atoms with E-state index in [2.05, 4.69) is 93.9 Å². The minimum absolute atomic E-state index is 0. The maximum Gasteiger partial charge on any atom is 0.163 e. The first kappa shape index (κ1) is 26.7. The molecule has 0 aromatic heterocycles. The Kier molecular flexibility index (Phi) is 12.4. The topological polar surface area (TPSA) is 49.6 Å². The van der Waals surface area contributed by atoms with E-state index in [1.807, 2.05) is 6.07 Å². The van der Waals surface area contributed by atoms with Crippen molar-refractivity contribution in [1.29, 1.82) is 0 Å². The highest BCUT2D eigenvalue weighted by molar-refractivity contribution is 6.85. The summed E-state index contributed by atoms with van der Waals surface area (Å²) in [4.78, 5) is 17.2. The summed E-state index contributed by atoms with van der Waals surface area (Å²) in [5.41, 5.74) is 9.95. The molecule has 30 heavy (non-hydrogen) atoms. The first-order valence-corrected chi connectivity index (χ1v) is 11.2. The van der Waals surface area contributed by atoms with Gasteiger partial charge in [0.15, 0.2) is 5.78 Å². The second kappa shape index (κ2) is 13.9. The second-order valence-electron chi connectivity index (χ2n) is 7.95. The number of nitrogens with zero attached hydrogens (tertiary/aromatic N) is 2. The second-order valence-corrected chi connectivity index (χ2v) is 7.95. The predicted octanol–water partition coefficient (Wildman–Crippen LogP) is 5.25. The number of para-hydroxylation sites is 1. The third-order valence-corrected chi connectivity index (χ3v) is 5.15. The molecular weight excluding hydrogens is 441 g/mol. The van der Waals surface area contributed by atoms with E-state index in [1.54, 1.807) is 0 Å². The van der Waals surface area contributed by atoms with E-state index in [4.69, 9.17) is 5.73 Å². The lowest BCUT2D eigenvalue weighted by atomic mass is 10.0. The number of ketones is 1. The smallest absolute Gasteiger partial charge is 0.163 e. The predicted molar refractivity (Wildman–Crippen MR) is 131 cm³/mol. The van der Waals surface area contributed by atoms with Crippen LogP contribution in [0.25, 0.3) is 0 Å². The van der Waals surface area contributed by atoms with Crippen LogP contribution in [-0.2, 0) is 17.9 Å². The SMILES string of the molecule is CC(C)C[C@H](N)C(=O)CN1CCN(Cc2ccccc2)c2ccccc2C1.Cl.ClCl. The van der Waals surface area contributed by atoms with Crippen LogP contribution in [0.3, 0.4) is 0 Å². The number of Topliss-reactive ketones (excluding diaryl/α,β-unsaturated/α-hetero) is 1. The number of benzene rings is 2. The number of hydrogen-bond donors (Lipinski definition) is 1. The van der Waals surface area contributed by atoms with Crippen LogP contribution < -0.4 is 10.6 Å². The molecule has 1 aliphatic rings. The van der Waals surface area contributed by atoms with Crippen molar-refractivity contribution < 1.29 is 4.79 Å². The van der Waals surface area contributed by atoms with Crippen molar-refractivity contribution in [3.63, 3.8) is 0 Å². The minimum Gasteiger partial charge on any atom is -0.366 e. The van der Waals surface area contributed by atoms with Gasteiger partial charge >= 0.3 is 0 Å². The Morgan fingerprint density at radius 2 is 1.67 bits per heavy atom. The normalized spacial score (nSPS) is 14.7. The van der Waals surface area contributed by atoms with Crippen molar-refractivity contribution in [2.45, 2.75) is 39.4 Å². The third kappa shape index (κ3) is 8.09. The molecule has 0 unspecified atom stereocenters. The number of rotatable bonds is 7. The van der Waals surface area contributed by atoms with Crippen molar-refractivity contribution in [1.82, 2.24) is 4.90 Å². The Balaban J connectivity index is 0.00000146. The van der Waals surface area contributed by atoms with E-state index < -0.39 is 0 Å². The Bertz CT molecular complexity index is 758. The molecule has 1 heterocycles. The fraction of sp³-hybridized carbons (Fsp3) is 0.435. The average molecular weight is 473 g/mol. The van der Waals surface area contributed by atoms with Gasteiger partial charge in [0.1, 0.15) is 0 Å². The molecule has 2 aromatic carbocycles. The van der Waals surface area contributed by atoms with Gasteiger partial charge in [0, 0.05) is 53.6 Å². The van der Waals surface area contributed by atoms with Crippen molar-refractivity contribution in [2.75, 3.05) is 24.5 Å². The number of hydrogen-bond acceptors (Lipinski definition) is 4. The molecule has 2 aromatic rings. The maximum absolute atomic E-state index is 12.6. The zero-order valence-corrected chi connectivity index (χ0v) is 20.0. The molecule has 166 valence electrons. The molecule has 4 nitrogen and oxygen atoms in total. The van der Waals surface area contributed by atoms with E-state index in [-0.39, 0.29) is 24.2 Å². The molecule has 0 bridgehead atoms. The zero-order chi connectivity index (χ0) is 21.2. The fourth-order valence-electron chi connectivity index (χ4n) is 3.74. The number of halogens is 3. The van der Waals surface area contributed by atoms with Crippen LogP contribution in [0.1, 0.15) is 31.4 Å². The molecule has 0 saturated heterocycles. The maximum atomic E-state index is 12.6. The molecule has 3 rings (SSSR count). The van der Waals surface area contributed by atoms with Gasteiger partial charge in [-0.05, 0) is 29.5 Å². The molecule has 0 fully saturated rings. The largest absolute Gasteiger partial charge is 0.366 e. The van der Waals surface area contributed by atoms with E-state index >= 15 is 0 Å². The summed E-state index contributed by atoms with van der Waals surface area (Å²) in [6, 6.07) is 18.7. The summed E-state index contributed by atoms with van der Waals surface area (Å²) >= 11 is 0. The van der Waals surface area contributed by atoms with Crippen LogP contribution in [0.2, 0.25) is 0 Å². The third-order valence-electron chi connectivity index (χ3n) is 5.15. The Morgan fingerprint density at radius 3 is 2.33 bits per heavy atom. The molecule has 1 atom stereocenters. The quantitative estimate of drug-likeness (QED) is 0.598. The van der Waals surface area contributed by atoms with Crippen molar-refractivity contribution in [2.24, 2.45) is 11.7 Å². The Hall–Kier alpha value is -1.30. The summed E-state index contributed by atoms with van der Waals surface area (Å²) in [5.74, 6) is 0.591. The van der Waals surface area contributed by atoms with Gasteiger partial charge in [-0.25, -0.2) is 0 Å². The number of anilines is 1. The summed E-state index contributed by atoms with van der Waals surface area (Å²) in [7, 11) is 8.22. The molecule has 1 aliphatic heterocycles. The zero-order valence-electron chi connectivity index (χ0n) is 17.6. The van der Waals surface area contributed by atoms with Crippen LogP contribution in [0.15, 0.2) is 54.6 Å². The number of nitrogens with two attached hydrogens (primary N) is 1. The van der Waals surface area contributed by atoms with Crippen molar-refractivity contribution in [3.05, 3.63) is 65.7 Å². The van der Waals surface area contributed by atoms with Crippen LogP contribution in [0, 0.1) is 5.92 Å². The van der Waals surface area contributed by atoms with Gasteiger partial charge in [0.05, 0.1) is 12.6 Å². The lowest BCUT2D eigenvalue weighted by Gasteiger charge is -2.25. The van der Waals surface area contributed by atoms with Gasteiger partial charge in [-0.3, -0.25) is 9.69 Å². The molecule has 0 spiro atoms. The summed E-state index contributed by atoms with van der Waals surface area (Å²) < 4.78 is 0. The standard InChI is InChI=1S/C23H31N3O.Cl2.ClH/c1-18(2)14-21(24)23(27)17-25-12-13-26(15-19-8-4-3-5-9-19)22-11-7-6-10-20(22)16-25;1-2;/h3-11,18,21H,12-17,24H2,1-2H3;;1H/t21-;;/m0../s1. The van der Waals surface area contributed by atoms with E-state index in [0.29, 0.717) is 12.5 Å². The first-order valence-electron chi connectivity index (χ1n) is 10.0. The molecule has 0 saturated carbocycles. The average Bonchev–Trinajstić information content (AvgIpc) is 2.89. The number of carbonyl (C=O) groups is 1. The number of fused-ring (bicyclic) bond motifs is 1. The molecule has 0 amide bonds. The molecular formula is C23H32Cl3N3O. The monoisotopic (exact) mass is 471 g/mol. The summed E-state index contributed by atoms with van der Waals surface area (Å²) in [5, 5.41) is 0.